The van der Waals surface area contributed by atoms with Crippen LogP contribution in [-0.4, -0.2) is 0 Å². The van der Waals surface area contributed by atoms with Crippen LogP contribution in [0.1, 0.15) is 0 Å². The number of nitrogen functional groups attached to an aromatic ring is 1. The van der Waals surface area contributed by atoms with Crippen molar-refractivity contribution in [2.75, 3.05) is 11.1 Å². The summed E-state index contributed by atoms with van der Waals surface area (Å²) in [6.45, 7) is 0. The smallest absolute Gasteiger partial charge is 0.144 e. The molecule has 0 aromatic heterocycles. The van der Waals surface area contributed by atoms with Gasteiger partial charge in [-0.15, -0.1) is 0 Å². The third-order valence-corrected chi connectivity index (χ3v) is 3.57. The second-order valence-corrected chi connectivity index (χ2v) is 5.66. The van der Waals surface area contributed by atoms with E-state index in [-0.39, 0.29) is 5.02 Å². The van der Waals surface area contributed by atoms with E-state index < -0.39 is 5.82 Å². The minimum absolute atomic E-state index is 0.00763. The maximum Gasteiger partial charge on any atom is 0.144 e. The molecule has 6 heteroatoms. The molecule has 0 saturated heterocycles. The van der Waals surface area contributed by atoms with Crippen molar-refractivity contribution in [1.29, 1.82) is 0 Å². The molecule has 0 radical (unpaired) electrons. The zero-order chi connectivity index (χ0) is 13.3. The average molecular weight is 397 g/mol. The van der Waals surface area contributed by atoms with Crippen LogP contribution in [-0.2, 0) is 0 Å². The second kappa shape index (κ2) is 5.50. The van der Waals surface area contributed by atoms with Gasteiger partial charge in [0.05, 0.1) is 27.1 Å². The van der Waals surface area contributed by atoms with E-state index in [1.165, 1.54) is 12.1 Å². The number of hydrogen-bond donors (Lipinski definition) is 2. The van der Waals surface area contributed by atoms with Gasteiger partial charge in [-0.05, 0) is 46.9 Å². The van der Waals surface area contributed by atoms with E-state index in [0.717, 1.165) is 3.57 Å². The topological polar surface area (TPSA) is 38.0 Å². The van der Waals surface area contributed by atoms with E-state index in [4.69, 9.17) is 28.9 Å². The molecule has 0 spiro atoms. The predicted molar refractivity (Wildman–Crippen MR) is 83.3 cm³/mol. The van der Waals surface area contributed by atoms with Gasteiger partial charge < -0.3 is 11.1 Å². The van der Waals surface area contributed by atoms with Crippen molar-refractivity contribution >= 4 is 62.9 Å². The Morgan fingerprint density at radius 2 is 1.78 bits per heavy atom. The summed E-state index contributed by atoms with van der Waals surface area (Å²) in [6.07, 6.45) is 0. The van der Waals surface area contributed by atoms with E-state index in [0.29, 0.717) is 22.1 Å². The SMILES string of the molecule is Nc1cc(Cl)c(F)cc1Nc1ccc(I)cc1Cl. The minimum atomic E-state index is -0.532. The van der Waals surface area contributed by atoms with Gasteiger partial charge in [-0.2, -0.15) is 0 Å². The van der Waals surface area contributed by atoms with Gasteiger partial charge in [0.1, 0.15) is 5.82 Å². The maximum absolute atomic E-state index is 13.4. The Kier molecular flexibility index (Phi) is 4.19. The number of benzene rings is 2. The molecule has 0 saturated carbocycles. The molecule has 3 N–H and O–H groups in total. The van der Waals surface area contributed by atoms with Gasteiger partial charge in [0.25, 0.3) is 0 Å². The molecular formula is C12H8Cl2FIN2. The Morgan fingerprint density at radius 3 is 2.44 bits per heavy atom. The van der Waals surface area contributed by atoms with E-state index in [9.17, 15) is 4.39 Å². The number of anilines is 3. The third-order valence-electron chi connectivity index (χ3n) is 2.29. The van der Waals surface area contributed by atoms with Crippen LogP contribution in [0.5, 0.6) is 0 Å². The van der Waals surface area contributed by atoms with Gasteiger partial charge in [-0.1, -0.05) is 23.2 Å². The summed E-state index contributed by atoms with van der Waals surface area (Å²) in [5, 5.41) is 3.51. The lowest BCUT2D eigenvalue weighted by Crippen LogP contribution is -1.98. The van der Waals surface area contributed by atoms with Crippen LogP contribution in [0.2, 0.25) is 10.0 Å². The molecular weight excluding hydrogens is 389 g/mol. The van der Waals surface area contributed by atoms with Crippen molar-refractivity contribution in [2.24, 2.45) is 0 Å². The van der Waals surface area contributed by atoms with Crippen LogP contribution >= 0.6 is 45.8 Å². The summed E-state index contributed by atoms with van der Waals surface area (Å²) in [5.41, 5.74) is 7.21. The summed E-state index contributed by atoms with van der Waals surface area (Å²) in [7, 11) is 0. The van der Waals surface area contributed by atoms with Crippen molar-refractivity contribution in [3.05, 3.63) is 49.8 Å². The second-order valence-electron chi connectivity index (χ2n) is 3.60. The van der Waals surface area contributed by atoms with Crippen LogP contribution in [0.4, 0.5) is 21.5 Å². The predicted octanol–water partition coefficient (Wildman–Crippen LogP) is 5.06. The van der Waals surface area contributed by atoms with Crippen LogP contribution in [0.25, 0.3) is 0 Å². The molecule has 18 heavy (non-hydrogen) atoms. The monoisotopic (exact) mass is 396 g/mol. The molecule has 0 atom stereocenters. The molecule has 0 aliphatic heterocycles. The standard InChI is InChI=1S/C12H8Cl2FIN2/c13-7-4-10(17)12(5-9(7)15)18-11-2-1-6(16)3-8(11)14/h1-5,18H,17H2. The largest absolute Gasteiger partial charge is 0.397 e. The minimum Gasteiger partial charge on any atom is -0.397 e. The van der Waals surface area contributed by atoms with Gasteiger partial charge in [0, 0.05) is 9.64 Å². The summed E-state index contributed by atoms with van der Waals surface area (Å²) < 4.78 is 14.4. The van der Waals surface area contributed by atoms with Crippen molar-refractivity contribution in [3.63, 3.8) is 0 Å². The highest BCUT2D eigenvalue weighted by molar-refractivity contribution is 14.1. The first-order valence-corrected chi connectivity index (χ1v) is 6.77. The quantitative estimate of drug-likeness (QED) is 0.549. The zero-order valence-corrected chi connectivity index (χ0v) is 12.6. The molecule has 94 valence electrons. The molecule has 0 amide bonds. The van der Waals surface area contributed by atoms with Gasteiger partial charge in [0.2, 0.25) is 0 Å². The molecule has 0 aliphatic rings. The summed E-state index contributed by atoms with van der Waals surface area (Å²) in [6, 6.07) is 8.09. The van der Waals surface area contributed by atoms with E-state index >= 15 is 0 Å². The molecule has 0 aliphatic carbocycles. The van der Waals surface area contributed by atoms with Crippen LogP contribution < -0.4 is 11.1 Å². The van der Waals surface area contributed by atoms with Crippen molar-refractivity contribution in [3.8, 4) is 0 Å². The van der Waals surface area contributed by atoms with Crippen molar-refractivity contribution in [1.82, 2.24) is 0 Å². The Balaban J connectivity index is 2.37. The fourth-order valence-electron chi connectivity index (χ4n) is 1.41. The molecule has 2 nitrogen and oxygen atoms in total. The Labute approximate surface area is 127 Å². The highest BCUT2D eigenvalue weighted by Gasteiger charge is 2.08. The summed E-state index contributed by atoms with van der Waals surface area (Å²) in [4.78, 5) is 0. The molecule has 0 unspecified atom stereocenters. The van der Waals surface area contributed by atoms with Crippen LogP contribution in [0, 0.1) is 9.39 Å². The Hall–Kier alpha value is -0.720. The lowest BCUT2D eigenvalue weighted by Gasteiger charge is -2.11. The highest BCUT2D eigenvalue weighted by atomic mass is 127. The van der Waals surface area contributed by atoms with E-state index in [1.54, 1.807) is 12.1 Å². The fraction of sp³-hybridized carbons (Fsp3) is 0. The molecule has 0 fully saturated rings. The summed E-state index contributed by atoms with van der Waals surface area (Å²) >= 11 is 13.9. The molecule has 0 bridgehead atoms. The van der Waals surface area contributed by atoms with Gasteiger partial charge >= 0.3 is 0 Å². The van der Waals surface area contributed by atoms with E-state index in [1.807, 2.05) is 6.07 Å². The number of rotatable bonds is 2. The Bertz CT molecular complexity index is 605. The lowest BCUT2D eigenvalue weighted by molar-refractivity contribution is 0.629. The lowest BCUT2D eigenvalue weighted by atomic mass is 10.2. The summed E-state index contributed by atoms with van der Waals surface area (Å²) in [5.74, 6) is -0.532. The zero-order valence-electron chi connectivity index (χ0n) is 8.98. The first-order valence-electron chi connectivity index (χ1n) is 4.94. The third kappa shape index (κ3) is 2.99. The molecule has 0 heterocycles. The fourth-order valence-corrected chi connectivity index (χ4v) is 2.48. The van der Waals surface area contributed by atoms with Gasteiger partial charge in [0.15, 0.2) is 0 Å². The van der Waals surface area contributed by atoms with Gasteiger partial charge in [-0.3, -0.25) is 0 Å². The molecule has 2 aromatic rings. The molecule has 2 rings (SSSR count). The van der Waals surface area contributed by atoms with Crippen LogP contribution in [0.3, 0.4) is 0 Å². The average Bonchev–Trinajstić information content (AvgIpc) is 2.29. The van der Waals surface area contributed by atoms with Crippen LogP contribution in [0.15, 0.2) is 30.3 Å². The van der Waals surface area contributed by atoms with E-state index in [2.05, 4.69) is 27.9 Å². The Morgan fingerprint density at radius 1 is 1.06 bits per heavy atom. The van der Waals surface area contributed by atoms with Crippen molar-refractivity contribution < 1.29 is 4.39 Å². The normalized spacial score (nSPS) is 10.4. The molecule has 2 aromatic carbocycles. The number of nitrogens with one attached hydrogen (secondary N) is 1. The van der Waals surface area contributed by atoms with Crippen molar-refractivity contribution in [2.45, 2.75) is 0 Å². The first kappa shape index (κ1) is 13.7. The number of nitrogens with two attached hydrogens (primary N) is 1. The highest BCUT2D eigenvalue weighted by Crippen LogP contribution is 2.32. The first-order chi connectivity index (χ1) is 8.47. The maximum atomic E-state index is 13.4. The number of hydrogen-bond acceptors (Lipinski definition) is 2. The number of halogens is 4. The van der Waals surface area contributed by atoms with Gasteiger partial charge in [-0.25, -0.2) is 4.39 Å².